The lowest BCUT2D eigenvalue weighted by Crippen LogP contribution is -2.53. The van der Waals surface area contributed by atoms with E-state index in [1.54, 1.807) is 0 Å². The van der Waals surface area contributed by atoms with E-state index in [2.05, 4.69) is 76.2 Å². The Bertz CT molecular complexity index is 1920. The van der Waals surface area contributed by atoms with Gasteiger partial charge in [0.1, 0.15) is 0 Å². The third kappa shape index (κ3) is 9.74. The van der Waals surface area contributed by atoms with Crippen molar-refractivity contribution in [3.63, 3.8) is 0 Å². The van der Waals surface area contributed by atoms with Crippen molar-refractivity contribution in [3.05, 3.63) is 77.1 Å². The minimum absolute atomic E-state index is 0.0437. The highest BCUT2D eigenvalue weighted by Crippen LogP contribution is 2.31. The van der Waals surface area contributed by atoms with Crippen molar-refractivity contribution in [1.29, 1.82) is 0 Å². The number of nitrogens with zero attached hydrogens (tertiary/aromatic N) is 5. The van der Waals surface area contributed by atoms with Gasteiger partial charge in [-0.25, -0.2) is 14.5 Å². The molecule has 0 aliphatic carbocycles. The Balaban J connectivity index is 0.982. The number of nitrogens with one attached hydrogen (secondary N) is 3. The largest absolute Gasteiger partial charge is 0.465 e. The first kappa shape index (κ1) is 38.7. The first-order valence-corrected chi connectivity index (χ1v) is 19.4. The van der Waals surface area contributed by atoms with Gasteiger partial charge in [0.2, 0.25) is 11.8 Å². The first-order chi connectivity index (χ1) is 26.2. The maximum absolute atomic E-state index is 13.0. The van der Waals surface area contributed by atoms with E-state index in [9.17, 15) is 19.5 Å². The monoisotopic (exact) mass is 738 g/mol. The van der Waals surface area contributed by atoms with E-state index < -0.39 is 6.09 Å². The summed E-state index contributed by atoms with van der Waals surface area (Å²) in [5.74, 6) is -0.190. The van der Waals surface area contributed by atoms with E-state index in [1.807, 2.05) is 29.9 Å². The van der Waals surface area contributed by atoms with Crippen LogP contribution < -0.4 is 16.0 Å². The van der Waals surface area contributed by atoms with Crippen LogP contribution in [0.2, 0.25) is 0 Å². The maximum atomic E-state index is 13.0. The van der Waals surface area contributed by atoms with Gasteiger partial charge in [-0.1, -0.05) is 43.3 Å². The molecule has 4 heterocycles. The Labute approximate surface area is 317 Å². The molecule has 0 spiro atoms. The highest BCUT2D eigenvalue weighted by molar-refractivity contribution is 5.92. The van der Waals surface area contributed by atoms with Crippen molar-refractivity contribution < 1.29 is 24.2 Å². The highest BCUT2D eigenvalue weighted by Gasteiger charge is 2.27. The Morgan fingerprint density at radius 3 is 2.28 bits per heavy atom. The Hall–Kier alpha value is -5.01. The summed E-state index contributed by atoms with van der Waals surface area (Å²) < 4.78 is 7.49. The quantitative estimate of drug-likeness (QED) is 0.123. The van der Waals surface area contributed by atoms with Gasteiger partial charge < -0.3 is 30.7 Å². The van der Waals surface area contributed by atoms with Crippen LogP contribution in [-0.4, -0.2) is 92.5 Å². The number of carboxylic acid groups (broad SMARTS) is 1. The summed E-state index contributed by atoms with van der Waals surface area (Å²) in [4.78, 5) is 46.0. The standard InChI is InChI=1S/C41H54N8O5/c1-4-36-34(39(45-33-15-19-54-20-16-33)35-25-44-49(5-2)40(35)46-36)24-43-38(51)14-8-13-37(50)42-23-29-9-6-11-31(21-29)32-12-7-10-30(22-32)27-47-17-18-48(41(52)53)28(3)26-47/h6-7,9-12,21-22,25,28,33H,4-5,8,13-20,23-24,26-27H2,1-3H3,(H,42,50)(H,43,51)(H,45,46)(H,52,53)/t28-/m0/s1. The zero-order valence-electron chi connectivity index (χ0n) is 31.8. The Morgan fingerprint density at radius 2 is 1.61 bits per heavy atom. The van der Waals surface area contributed by atoms with Crippen LogP contribution in [0.4, 0.5) is 10.5 Å². The number of anilines is 1. The number of aryl methyl sites for hydroxylation is 2. The number of pyridine rings is 1. The lowest BCUT2D eigenvalue weighted by atomic mass is 10.0. The van der Waals surface area contributed by atoms with Crippen LogP contribution in [0.25, 0.3) is 22.2 Å². The molecule has 2 saturated heterocycles. The minimum atomic E-state index is -0.860. The molecule has 0 saturated carbocycles. The third-order valence-electron chi connectivity index (χ3n) is 10.5. The maximum Gasteiger partial charge on any atom is 0.407 e. The number of carbonyl (C=O) groups excluding carboxylic acids is 2. The van der Waals surface area contributed by atoms with Crippen LogP contribution in [0, 0.1) is 0 Å². The van der Waals surface area contributed by atoms with Crippen LogP contribution >= 0.6 is 0 Å². The number of ether oxygens (including phenoxy) is 1. The molecule has 2 fully saturated rings. The molecule has 0 bridgehead atoms. The van der Waals surface area contributed by atoms with E-state index in [0.717, 1.165) is 90.2 Å². The summed E-state index contributed by atoms with van der Waals surface area (Å²) in [6.45, 7) is 11.7. The molecule has 0 unspecified atom stereocenters. The van der Waals surface area contributed by atoms with Gasteiger partial charge in [0.25, 0.3) is 0 Å². The lowest BCUT2D eigenvalue weighted by molar-refractivity contribution is -0.122. The minimum Gasteiger partial charge on any atom is -0.465 e. The van der Waals surface area contributed by atoms with Crippen LogP contribution in [0.5, 0.6) is 0 Å². The molecule has 54 heavy (non-hydrogen) atoms. The molecule has 2 aliphatic rings. The molecule has 3 amide bonds. The fraction of sp³-hybridized carbons (Fsp3) is 0.488. The van der Waals surface area contributed by atoms with Crippen LogP contribution in [0.15, 0.2) is 54.7 Å². The molecule has 2 aromatic carbocycles. The van der Waals surface area contributed by atoms with Gasteiger partial charge >= 0.3 is 6.09 Å². The second-order valence-electron chi connectivity index (χ2n) is 14.4. The summed E-state index contributed by atoms with van der Waals surface area (Å²) in [6.07, 6.45) is 4.52. The molecule has 13 nitrogen and oxygen atoms in total. The number of aromatic nitrogens is 3. The van der Waals surface area contributed by atoms with Gasteiger partial charge in [-0.3, -0.25) is 14.5 Å². The van der Waals surface area contributed by atoms with Gasteiger partial charge in [0.05, 0.1) is 17.3 Å². The van der Waals surface area contributed by atoms with Crippen LogP contribution in [-0.2, 0) is 46.9 Å². The van der Waals surface area contributed by atoms with Gasteiger partial charge in [0.15, 0.2) is 5.65 Å². The number of piperazine rings is 1. The average molecular weight is 739 g/mol. The number of carbonyl (C=O) groups is 3. The molecular weight excluding hydrogens is 685 g/mol. The van der Waals surface area contributed by atoms with E-state index in [0.29, 0.717) is 39.1 Å². The number of amides is 3. The summed E-state index contributed by atoms with van der Waals surface area (Å²) in [5, 5.41) is 24.8. The topological polar surface area (TPSA) is 154 Å². The van der Waals surface area contributed by atoms with Gasteiger partial charge in [-0.2, -0.15) is 5.10 Å². The molecule has 4 aromatic rings. The van der Waals surface area contributed by atoms with Crippen molar-refractivity contribution in [3.8, 4) is 11.1 Å². The molecular formula is C41H54N8O5. The zero-order chi connectivity index (χ0) is 38.0. The zero-order valence-corrected chi connectivity index (χ0v) is 31.8. The SMILES string of the molecule is CCc1nc2c(cnn2CC)c(NC2CCOCC2)c1CNC(=O)CCCC(=O)NCc1cccc(-c2cccc(CN3CCN(C(=O)O)[C@@H](C)C3)c2)c1. The van der Waals surface area contributed by atoms with Gasteiger partial charge in [-0.05, 0) is 73.9 Å². The molecule has 13 heteroatoms. The fourth-order valence-electron chi connectivity index (χ4n) is 7.50. The summed E-state index contributed by atoms with van der Waals surface area (Å²) in [6, 6.07) is 16.8. The number of fused-ring (bicyclic) bond motifs is 1. The van der Waals surface area contributed by atoms with Gasteiger partial charge in [-0.15, -0.1) is 0 Å². The van der Waals surface area contributed by atoms with Crippen molar-refractivity contribution >= 4 is 34.6 Å². The van der Waals surface area contributed by atoms with E-state index in [4.69, 9.17) is 9.72 Å². The number of hydrogen-bond donors (Lipinski definition) is 4. The highest BCUT2D eigenvalue weighted by atomic mass is 16.5. The third-order valence-corrected chi connectivity index (χ3v) is 10.5. The molecule has 288 valence electrons. The van der Waals surface area contributed by atoms with E-state index in [-0.39, 0.29) is 36.7 Å². The predicted molar refractivity (Wildman–Crippen MR) is 209 cm³/mol. The first-order valence-electron chi connectivity index (χ1n) is 19.4. The van der Waals surface area contributed by atoms with Crippen molar-refractivity contribution in [1.82, 2.24) is 35.2 Å². The normalized spacial score (nSPS) is 16.7. The lowest BCUT2D eigenvalue weighted by Gasteiger charge is -2.38. The smallest absolute Gasteiger partial charge is 0.407 e. The molecule has 1 atom stereocenters. The Kier molecular flexibility index (Phi) is 13.2. The summed E-state index contributed by atoms with van der Waals surface area (Å²) in [5.41, 5.74) is 8.08. The number of benzene rings is 2. The number of rotatable bonds is 15. The van der Waals surface area contributed by atoms with Crippen LogP contribution in [0.1, 0.15) is 75.3 Å². The molecule has 0 radical (unpaired) electrons. The van der Waals surface area contributed by atoms with E-state index in [1.165, 1.54) is 10.5 Å². The predicted octanol–water partition coefficient (Wildman–Crippen LogP) is 5.56. The average Bonchev–Trinajstić information content (AvgIpc) is 3.60. The second-order valence-corrected chi connectivity index (χ2v) is 14.4. The molecule has 2 aromatic heterocycles. The molecule has 4 N–H and O–H groups in total. The summed E-state index contributed by atoms with van der Waals surface area (Å²) >= 11 is 0. The molecule has 2 aliphatic heterocycles. The Morgan fingerprint density at radius 1 is 0.926 bits per heavy atom. The summed E-state index contributed by atoms with van der Waals surface area (Å²) in [7, 11) is 0. The van der Waals surface area contributed by atoms with Gasteiger partial charge in [0, 0.05) is 95.2 Å². The van der Waals surface area contributed by atoms with E-state index >= 15 is 0 Å². The fourth-order valence-corrected chi connectivity index (χ4v) is 7.50. The van der Waals surface area contributed by atoms with Crippen LogP contribution in [0.3, 0.4) is 0 Å². The van der Waals surface area contributed by atoms with Crippen molar-refractivity contribution in [2.24, 2.45) is 0 Å². The van der Waals surface area contributed by atoms with Crippen molar-refractivity contribution in [2.45, 2.75) is 97.6 Å². The molecule has 6 rings (SSSR count). The number of hydrogen-bond acceptors (Lipinski definition) is 8. The second kappa shape index (κ2) is 18.4. The van der Waals surface area contributed by atoms with Crippen molar-refractivity contribution in [2.75, 3.05) is 38.2 Å².